The maximum atomic E-state index is 14.6. The van der Waals surface area contributed by atoms with Crippen molar-refractivity contribution in [3.8, 4) is 11.5 Å². The minimum Gasteiger partial charge on any atom is -0.493 e. The molecule has 3 aromatic rings. The van der Waals surface area contributed by atoms with Crippen LogP contribution < -0.4 is 20.9 Å². The van der Waals surface area contributed by atoms with Crippen molar-refractivity contribution in [3.05, 3.63) is 89.2 Å². The number of nitrogen functional groups attached to an aromatic ring is 2. The van der Waals surface area contributed by atoms with Crippen molar-refractivity contribution in [2.75, 3.05) is 31.3 Å². The van der Waals surface area contributed by atoms with E-state index >= 15 is 0 Å². The Morgan fingerprint density at radius 1 is 0.791 bits per heavy atom. The van der Waals surface area contributed by atoms with Gasteiger partial charge in [0.05, 0.1) is 12.2 Å². The maximum absolute atomic E-state index is 14.6. The lowest BCUT2D eigenvalue weighted by Crippen LogP contribution is -2.23. The third kappa shape index (κ3) is 10.8. The Bertz CT molecular complexity index is 1420. The first kappa shape index (κ1) is 32.6. The average Bonchev–Trinajstić information content (AvgIpc) is 2.91. The quantitative estimate of drug-likeness (QED) is 0.0764. The first-order chi connectivity index (χ1) is 20.2. The molecule has 0 atom stereocenters. The summed E-state index contributed by atoms with van der Waals surface area (Å²) in [6.45, 7) is -0.845. The van der Waals surface area contributed by atoms with Gasteiger partial charge in [-0.15, -0.1) is 0 Å². The van der Waals surface area contributed by atoms with Crippen molar-refractivity contribution in [2.45, 2.75) is 25.1 Å². The summed E-state index contributed by atoms with van der Waals surface area (Å²) < 4.78 is 99.7. The Labute approximate surface area is 241 Å². The van der Waals surface area contributed by atoms with Gasteiger partial charge in [0.1, 0.15) is 36.1 Å². The Morgan fingerprint density at radius 2 is 1.42 bits per heavy atom. The molecule has 0 heterocycles. The van der Waals surface area contributed by atoms with Crippen LogP contribution in [0, 0.1) is 5.82 Å². The highest BCUT2D eigenvalue weighted by molar-refractivity contribution is 5.91. The summed E-state index contributed by atoms with van der Waals surface area (Å²) in [6.07, 6.45) is -7.54. The van der Waals surface area contributed by atoms with Crippen LogP contribution in [0.2, 0.25) is 0 Å². The highest BCUT2D eigenvalue weighted by atomic mass is 19.4. The number of esters is 2. The predicted molar refractivity (Wildman–Crippen MR) is 144 cm³/mol. The lowest BCUT2D eigenvalue weighted by atomic mass is 10.1. The van der Waals surface area contributed by atoms with E-state index in [-0.39, 0.29) is 54.7 Å². The van der Waals surface area contributed by atoms with Gasteiger partial charge in [-0.1, -0.05) is 12.1 Å². The van der Waals surface area contributed by atoms with Crippen LogP contribution >= 0.6 is 0 Å². The topological polar surface area (TPSA) is 123 Å². The zero-order chi connectivity index (χ0) is 31.6. The molecule has 0 bridgehead atoms. The first-order valence-electron chi connectivity index (χ1n) is 12.6. The largest absolute Gasteiger partial charge is 0.493 e. The molecule has 0 aliphatic rings. The molecule has 0 aromatic heterocycles. The van der Waals surface area contributed by atoms with Gasteiger partial charge in [0.2, 0.25) is 0 Å². The summed E-state index contributed by atoms with van der Waals surface area (Å²) in [4.78, 5) is 23.9. The van der Waals surface area contributed by atoms with Gasteiger partial charge in [-0.25, -0.2) is 14.0 Å². The summed E-state index contributed by atoms with van der Waals surface area (Å²) in [5, 5.41) is 0. The van der Waals surface area contributed by atoms with Gasteiger partial charge in [0.15, 0.2) is 0 Å². The molecule has 0 amide bonds. The highest BCUT2D eigenvalue weighted by Crippen LogP contribution is 2.35. The number of halogens is 6. The molecule has 0 spiro atoms. The standard InChI is InChI=1S/C29H26F6N2O6/c30-25-17-23(40-11-1-10-28(31,32)33)7-8-24(25)29(34,35)43-22-5-2-18(3-6-22)4-9-26(38)41-12-13-42-27(39)19-14-20(36)16-21(37)15-19/h2-9,14-17H,1,10-13,36-37H2/b9-4+. The molecule has 0 aliphatic carbocycles. The van der Waals surface area contributed by atoms with Gasteiger partial charge in [0, 0.05) is 29.9 Å². The van der Waals surface area contributed by atoms with Gasteiger partial charge >= 0.3 is 24.2 Å². The third-order valence-electron chi connectivity index (χ3n) is 5.44. The normalized spacial score (nSPS) is 11.8. The smallest absolute Gasteiger partial charge is 0.429 e. The van der Waals surface area contributed by atoms with E-state index in [1.165, 1.54) is 36.4 Å². The fourth-order valence-electron chi connectivity index (χ4n) is 3.50. The molecule has 0 unspecified atom stereocenters. The van der Waals surface area contributed by atoms with Crippen LogP contribution in [-0.4, -0.2) is 37.9 Å². The molecular formula is C29H26F6N2O6. The van der Waals surface area contributed by atoms with Crippen LogP contribution in [0.15, 0.2) is 66.7 Å². The summed E-state index contributed by atoms with van der Waals surface area (Å²) >= 11 is 0. The van der Waals surface area contributed by atoms with Crippen LogP contribution in [0.5, 0.6) is 11.5 Å². The van der Waals surface area contributed by atoms with E-state index in [1.807, 2.05) is 0 Å². The third-order valence-corrected chi connectivity index (χ3v) is 5.44. The van der Waals surface area contributed by atoms with Crippen LogP contribution in [-0.2, 0) is 20.4 Å². The molecule has 0 saturated carbocycles. The molecule has 0 fully saturated rings. The Hall–Kier alpha value is -4.88. The molecule has 0 radical (unpaired) electrons. The number of carbonyl (C=O) groups is 2. The van der Waals surface area contributed by atoms with Crippen molar-refractivity contribution in [3.63, 3.8) is 0 Å². The number of benzene rings is 3. The number of alkyl halides is 5. The monoisotopic (exact) mass is 612 g/mol. The summed E-state index contributed by atoms with van der Waals surface area (Å²) in [7, 11) is 0. The number of carbonyl (C=O) groups excluding carboxylic acids is 2. The minimum absolute atomic E-state index is 0.142. The van der Waals surface area contributed by atoms with Gasteiger partial charge in [-0.05, 0) is 60.5 Å². The van der Waals surface area contributed by atoms with E-state index in [2.05, 4.69) is 4.74 Å². The molecule has 3 aromatic carbocycles. The lowest BCUT2D eigenvalue weighted by molar-refractivity contribution is -0.187. The number of nitrogens with two attached hydrogens (primary N) is 2. The van der Waals surface area contributed by atoms with E-state index < -0.39 is 42.0 Å². The van der Waals surface area contributed by atoms with Crippen LogP contribution in [0.25, 0.3) is 6.08 Å². The Kier molecular flexibility index (Phi) is 10.9. The number of rotatable bonds is 13. The second-order valence-electron chi connectivity index (χ2n) is 8.92. The molecular weight excluding hydrogens is 586 g/mol. The number of anilines is 2. The molecule has 8 nitrogen and oxygen atoms in total. The maximum Gasteiger partial charge on any atom is 0.429 e. The number of hydrogen-bond donors (Lipinski definition) is 2. The summed E-state index contributed by atoms with van der Waals surface area (Å²) in [5.74, 6) is -3.37. The summed E-state index contributed by atoms with van der Waals surface area (Å²) in [5.41, 5.74) is 11.3. The van der Waals surface area contributed by atoms with Crippen molar-refractivity contribution >= 4 is 29.4 Å². The van der Waals surface area contributed by atoms with Crippen molar-refractivity contribution in [1.29, 1.82) is 0 Å². The van der Waals surface area contributed by atoms with Gasteiger partial charge in [0.25, 0.3) is 0 Å². The van der Waals surface area contributed by atoms with Gasteiger partial charge in [-0.3, -0.25) is 0 Å². The van der Waals surface area contributed by atoms with Crippen molar-refractivity contribution in [2.24, 2.45) is 0 Å². The van der Waals surface area contributed by atoms with Crippen LogP contribution in [0.4, 0.5) is 37.7 Å². The number of ether oxygens (including phenoxy) is 4. The van der Waals surface area contributed by atoms with E-state index in [0.717, 1.165) is 24.3 Å². The molecule has 14 heteroatoms. The minimum atomic E-state index is -4.37. The molecule has 0 aliphatic heterocycles. The second kappa shape index (κ2) is 14.3. The average molecular weight is 613 g/mol. The lowest BCUT2D eigenvalue weighted by Gasteiger charge is -2.19. The van der Waals surface area contributed by atoms with Gasteiger partial charge < -0.3 is 30.4 Å². The molecule has 230 valence electrons. The van der Waals surface area contributed by atoms with E-state index in [1.54, 1.807) is 0 Å². The Balaban J connectivity index is 1.45. The van der Waals surface area contributed by atoms with Crippen molar-refractivity contribution < 1.29 is 54.9 Å². The van der Waals surface area contributed by atoms with Crippen molar-refractivity contribution in [1.82, 2.24) is 0 Å². The Morgan fingerprint density at radius 3 is 2.05 bits per heavy atom. The number of hydrogen-bond acceptors (Lipinski definition) is 8. The van der Waals surface area contributed by atoms with Crippen LogP contribution in [0.3, 0.4) is 0 Å². The zero-order valence-corrected chi connectivity index (χ0v) is 22.3. The van der Waals surface area contributed by atoms with E-state index in [0.29, 0.717) is 17.7 Å². The summed E-state index contributed by atoms with van der Waals surface area (Å²) in [6, 6.07) is 11.6. The predicted octanol–water partition coefficient (Wildman–Crippen LogP) is 6.25. The van der Waals surface area contributed by atoms with E-state index in [9.17, 15) is 35.9 Å². The fourth-order valence-corrected chi connectivity index (χ4v) is 3.50. The van der Waals surface area contributed by atoms with Crippen LogP contribution in [0.1, 0.15) is 34.3 Å². The molecule has 43 heavy (non-hydrogen) atoms. The fraction of sp³-hybridized carbons (Fsp3) is 0.241. The second-order valence-corrected chi connectivity index (χ2v) is 8.92. The molecule has 0 saturated heterocycles. The van der Waals surface area contributed by atoms with Gasteiger partial charge in [-0.2, -0.15) is 22.0 Å². The molecule has 3 rings (SSSR count). The highest BCUT2D eigenvalue weighted by Gasteiger charge is 2.38. The first-order valence-corrected chi connectivity index (χ1v) is 12.6. The molecule has 4 N–H and O–H groups in total. The zero-order valence-electron chi connectivity index (χ0n) is 22.3. The van der Waals surface area contributed by atoms with E-state index in [4.69, 9.17) is 25.7 Å². The SMILES string of the molecule is Nc1cc(N)cc(C(=O)OCCOC(=O)/C=C/c2ccc(OC(F)(F)c3ccc(OCCCC(F)(F)F)cc3F)cc2)c1.